The van der Waals surface area contributed by atoms with Crippen LogP contribution >= 0.6 is 0 Å². The molecule has 1 aromatic heterocycles. The molecular weight excluding hydrogens is 237 g/mol. The highest BCUT2D eigenvalue weighted by molar-refractivity contribution is 5.55. The van der Waals surface area contributed by atoms with Crippen molar-refractivity contribution in [3.63, 3.8) is 0 Å². The number of benzene rings is 1. The van der Waals surface area contributed by atoms with Crippen LogP contribution in [0, 0.1) is 12.7 Å². The summed E-state index contributed by atoms with van der Waals surface area (Å²) in [5.74, 6) is 0.276. The Morgan fingerprint density at radius 3 is 2.83 bits per heavy atom. The second-order valence-electron chi connectivity index (χ2n) is 3.93. The lowest BCUT2D eigenvalue weighted by molar-refractivity contribution is 0.0804. The van der Waals surface area contributed by atoms with Crippen molar-refractivity contribution in [3.05, 3.63) is 35.5 Å². The number of aromatic nitrogens is 2. The molecule has 0 aliphatic heterocycles. The van der Waals surface area contributed by atoms with Crippen LogP contribution in [0.15, 0.2) is 22.7 Å². The molecule has 96 valence electrons. The van der Waals surface area contributed by atoms with Crippen molar-refractivity contribution >= 4 is 0 Å². The summed E-state index contributed by atoms with van der Waals surface area (Å²) in [7, 11) is 1.51. The highest BCUT2D eigenvalue weighted by Gasteiger charge is 2.17. The average molecular weight is 251 g/mol. The van der Waals surface area contributed by atoms with E-state index in [1.54, 1.807) is 13.0 Å². The second kappa shape index (κ2) is 5.24. The minimum absolute atomic E-state index is 0.236. The number of halogens is 1. The van der Waals surface area contributed by atoms with Gasteiger partial charge in [0.2, 0.25) is 5.82 Å². The molecule has 1 aromatic carbocycles. The molecule has 0 bridgehead atoms. The maximum atomic E-state index is 13.3. The van der Waals surface area contributed by atoms with Crippen LogP contribution in [0.25, 0.3) is 11.4 Å². The lowest BCUT2D eigenvalue weighted by Gasteiger charge is -2.05. The number of methoxy groups -OCH3 is 1. The van der Waals surface area contributed by atoms with Gasteiger partial charge in [0.15, 0.2) is 0 Å². The molecule has 0 saturated carbocycles. The number of nitrogens with zero attached hydrogens (tertiary/aromatic N) is 2. The van der Waals surface area contributed by atoms with Crippen molar-refractivity contribution < 1.29 is 13.7 Å². The van der Waals surface area contributed by atoms with Gasteiger partial charge in [-0.15, -0.1) is 0 Å². The van der Waals surface area contributed by atoms with Crippen molar-refractivity contribution in [2.45, 2.75) is 13.0 Å². The number of aryl methyl sites for hydroxylation is 1. The summed E-state index contributed by atoms with van der Waals surface area (Å²) in [4.78, 5) is 4.16. The van der Waals surface area contributed by atoms with Gasteiger partial charge in [-0.25, -0.2) is 4.39 Å². The summed E-state index contributed by atoms with van der Waals surface area (Å²) >= 11 is 0. The predicted molar refractivity (Wildman–Crippen MR) is 63.2 cm³/mol. The van der Waals surface area contributed by atoms with Gasteiger partial charge in [0, 0.05) is 19.2 Å². The fourth-order valence-electron chi connectivity index (χ4n) is 1.65. The monoisotopic (exact) mass is 251 g/mol. The van der Waals surface area contributed by atoms with E-state index in [2.05, 4.69) is 10.1 Å². The average Bonchev–Trinajstić information content (AvgIpc) is 2.79. The van der Waals surface area contributed by atoms with Crippen molar-refractivity contribution in [2.24, 2.45) is 5.73 Å². The fraction of sp³-hybridized carbons (Fsp3) is 0.333. The molecule has 2 aromatic rings. The summed E-state index contributed by atoms with van der Waals surface area (Å²) in [5, 5.41) is 3.80. The third-order valence-electron chi connectivity index (χ3n) is 2.52. The Morgan fingerprint density at radius 2 is 2.22 bits per heavy atom. The van der Waals surface area contributed by atoms with Crippen LogP contribution < -0.4 is 5.73 Å². The standard InChI is InChI=1S/C12H14FN3O2/c1-7-3-8(5-9(13)4-7)11-15-12(18-16-11)10(6-14)17-2/h3-5,10H,6,14H2,1-2H3. The number of hydrogen-bond donors (Lipinski definition) is 1. The molecule has 2 N–H and O–H groups in total. The van der Waals surface area contributed by atoms with Crippen LogP contribution in [0.3, 0.4) is 0 Å². The maximum Gasteiger partial charge on any atom is 0.257 e. The quantitative estimate of drug-likeness (QED) is 0.897. The fourth-order valence-corrected chi connectivity index (χ4v) is 1.65. The zero-order valence-electron chi connectivity index (χ0n) is 10.2. The molecule has 0 spiro atoms. The lowest BCUT2D eigenvalue weighted by atomic mass is 10.1. The number of ether oxygens (including phenoxy) is 1. The second-order valence-corrected chi connectivity index (χ2v) is 3.93. The van der Waals surface area contributed by atoms with Crippen LogP contribution in [-0.2, 0) is 4.74 Å². The molecule has 0 fully saturated rings. The van der Waals surface area contributed by atoms with Crippen LogP contribution in [0.2, 0.25) is 0 Å². The van der Waals surface area contributed by atoms with Gasteiger partial charge in [0.05, 0.1) is 0 Å². The van der Waals surface area contributed by atoms with Crippen molar-refractivity contribution in [1.29, 1.82) is 0 Å². The Balaban J connectivity index is 2.34. The largest absolute Gasteiger partial charge is 0.370 e. The van der Waals surface area contributed by atoms with Gasteiger partial charge in [0.1, 0.15) is 11.9 Å². The van der Waals surface area contributed by atoms with Gasteiger partial charge in [0.25, 0.3) is 5.89 Å². The van der Waals surface area contributed by atoms with Gasteiger partial charge in [-0.05, 0) is 30.7 Å². The van der Waals surface area contributed by atoms with E-state index < -0.39 is 6.10 Å². The molecule has 0 saturated heterocycles. The van der Waals surface area contributed by atoms with E-state index in [4.69, 9.17) is 15.0 Å². The van der Waals surface area contributed by atoms with Crippen LogP contribution in [0.5, 0.6) is 0 Å². The molecule has 0 radical (unpaired) electrons. The highest BCUT2D eigenvalue weighted by atomic mass is 19.1. The van der Waals surface area contributed by atoms with E-state index in [1.165, 1.54) is 19.2 Å². The molecular formula is C12H14FN3O2. The SMILES string of the molecule is COC(CN)c1nc(-c2cc(C)cc(F)c2)no1. The molecule has 2 rings (SSSR count). The Labute approximate surface area is 104 Å². The maximum absolute atomic E-state index is 13.3. The van der Waals surface area contributed by atoms with Gasteiger partial charge in [-0.2, -0.15) is 4.98 Å². The molecule has 1 atom stereocenters. The molecule has 0 aliphatic rings. The third-order valence-corrected chi connectivity index (χ3v) is 2.52. The lowest BCUT2D eigenvalue weighted by Crippen LogP contribution is -2.14. The van der Waals surface area contributed by atoms with E-state index in [0.29, 0.717) is 11.4 Å². The Bertz CT molecular complexity index is 518. The molecule has 0 aliphatic carbocycles. The van der Waals surface area contributed by atoms with Crippen LogP contribution in [0.1, 0.15) is 17.6 Å². The van der Waals surface area contributed by atoms with Crippen molar-refractivity contribution in [2.75, 3.05) is 13.7 Å². The first-order valence-electron chi connectivity index (χ1n) is 5.48. The first kappa shape index (κ1) is 12.7. The molecule has 1 unspecified atom stereocenters. The normalized spacial score (nSPS) is 12.7. The molecule has 0 amide bonds. The van der Waals surface area contributed by atoms with E-state index in [0.717, 1.165) is 5.56 Å². The van der Waals surface area contributed by atoms with Crippen LogP contribution in [-0.4, -0.2) is 23.8 Å². The van der Waals surface area contributed by atoms with E-state index in [1.807, 2.05) is 0 Å². The van der Waals surface area contributed by atoms with Crippen molar-refractivity contribution in [3.8, 4) is 11.4 Å². The summed E-state index contributed by atoms with van der Waals surface area (Å²) in [6, 6.07) is 4.57. The zero-order chi connectivity index (χ0) is 13.1. The minimum atomic E-state index is -0.444. The number of nitrogens with two attached hydrogens (primary N) is 1. The predicted octanol–water partition coefficient (Wildman–Crippen LogP) is 1.83. The van der Waals surface area contributed by atoms with Gasteiger partial charge in [-0.3, -0.25) is 0 Å². The minimum Gasteiger partial charge on any atom is -0.370 e. The number of hydrogen-bond acceptors (Lipinski definition) is 5. The third kappa shape index (κ3) is 2.55. The first-order valence-corrected chi connectivity index (χ1v) is 5.48. The topological polar surface area (TPSA) is 74.2 Å². The summed E-state index contributed by atoms with van der Waals surface area (Å²) in [6.07, 6.45) is -0.444. The summed E-state index contributed by atoms with van der Waals surface area (Å²) in [6.45, 7) is 2.03. The zero-order valence-corrected chi connectivity index (χ0v) is 10.2. The molecule has 5 nitrogen and oxygen atoms in total. The van der Waals surface area contributed by atoms with E-state index in [-0.39, 0.29) is 18.3 Å². The smallest absolute Gasteiger partial charge is 0.257 e. The van der Waals surface area contributed by atoms with Gasteiger partial charge >= 0.3 is 0 Å². The van der Waals surface area contributed by atoms with Gasteiger partial charge in [-0.1, -0.05) is 5.16 Å². The van der Waals surface area contributed by atoms with E-state index >= 15 is 0 Å². The van der Waals surface area contributed by atoms with Crippen molar-refractivity contribution in [1.82, 2.24) is 10.1 Å². The first-order chi connectivity index (χ1) is 8.63. The van der Waals surface area contributed by atoms with E-state index in [9.17, 15) is 4.39 Å². The van der Waals surface area contributed by atoms with Crippen LogP contribution in [0.4, 0.5) is 4.39 Å². The Kier molecular flexibility index (Phi) is 3.69. The number of rotatable bonds is 4. The Morgan fingerprint density at radius 1 is 1.44 bits per heavy atom. The molecule has 1 heterocycles. The Hall–Kier alpha value is -1.79. The molecule has 6 heteroatoms. The van der Waals surface area contributed by atoms with Gasteiger partial charge < -0.3 is 15.0 Å². The molecule has 18 heavy (non-hydrogen) atoms. The summed E-state index contributed by atoms with van der Waals surface area (Å²) in [5.41, 5.74) is 6.85. The highest BCUT2D eigenvalue weighted by Crippen LogP contribution is 2.21. The summed E-state index contributed by atoms with van der Waals surface area (Å²) < 4.78 is 23.4.